The summed E-state index contributed by atoms with van der Waals surface area (Å²) in [6.07, 6.45) is 5.87. The van der Waals surface area contributed by atoms with E-state index in [-0.39, 0.29) is 0 Å². The minimum Gasteiger partial charge on any atom is -0.381 e. The highest BCUT2D eigenvalue weighted by atomic mass is 16.5. The Labute approximate surface area is 98.2 Å². The summed E-state index contributed by atoms with van der Waals surface area (Å²) in [5.74, 6) is 0. The van der Waals surface area contributed by atoms with E-state index >= 15 is 0 Å². The first-order chi connectivity index (χ1) is 7.84. The van der Waals surface area contributed by atoms with Gasteiger partial charge in [0.25, 0.3) is 0 Å². The van der Waals surface area contributed by atoms with Crippen LogP contribution in [-0.4, -0.2) is 24.7 Å². The van der Waals surface area contributed by atoms with Gasteiger partial charge < -0.3 is 10.1 Å². The van der Waals surface area contributed by atoms with Crippen molar-refractivity contribution in [3.05, 3.63) is 30.1 Å². The van der Waals surface area contributed by atoms with Crippen LogP contribution in [0.5, 0.6) is 0 Å². The zero-order valence-corrected chi connectivity index (χ0v) is 10.3. The van der Waals surface area contributed by atoms with Gasteiger partial charge in [-0.1, -0.05) is 13.0 Å². The molecule has 1 unspecified atom stereocenters. The molecule has 1 N–H and O–H groups in total. The summed E-state index contributed by atoms with van der Waals surface area (Å²) < 4.78 is 5.42. The normalized spacial score (nSPS) is 12.6. The highest BCUT2D eigenvalue weighted by Crippen LogP contribution is 2.09. The zero-order valence-electron chi connectivity index (χ0n) is 10.3. The number of rotatable bonds is 8. The Hall–Kier alpha value is -0.930. The summed E-state index contributed by atoms with van der Waals surface area (Å²) in [6.45, 7) is 6.99. The van der Waals surface area contributed by atoms with E-state index in [1.165, 1.54) is 5.56 Å². The van der Waals surface area contributed by atoms with Crippen molar-refractivity contribution < 1.29 is 4.74 Å². The van der Waals surface area contributed by atoms with Crippen LogP contribution in [0.1, 0.15) is 38.3 Å². The Morgan fingerprint density at radius 1 is 1.44 bits per heavy atom. The number of nitrogens with one attached hydrogen (secondary N) is 1. The minimum absolute atomic E-state index is 0.361. The smallest absolute Gasteiger partial charge is 0.0478 e. The second kappa shape index (κ2) is 8.25. The van der Waals surface area contributed by atoms with Crippen LogP contribution in [0.3, 0.4) is 0 Å². The van der Waals surface area contributed by atoms with Gasteiger partial charge in [-0.15, -0.1) is 0 Å². The fraction of sp³-hybridized carbons (Fsp3) is 0.615. The molecule has 0 amide bonds. The maximum Gasteiger partial charge on any atom is 0.0478 e. The third-order valence-corrected chi connectivity index (χ3v) is 2.45. The predicted octanol–water partition coefficient (Wildman–Crippen LogP) is 2.55. The van der Waals surface area contributed by atoms with Gasteiger partial charge in [-0.05, 0) is 37.9 Å². The fourth-order valence-corrected chi connectivity index (χ4v) is 1.49. The molecule has 0 spiro atoms. The van der Waals surface area contributed by atoms with Crippen molar-refractivity contribution >= 4 is 0 Å². The standard InChI is InChI=1S/C13H22N2O/c1-3-9-16-10-5-8-15-12(2)13-6-4-7-14-11-13/h4,6-7,11-12,15H,3,5,8-10H2,1-2H3. The number of hydrogen-bond acceptors (Lipinski definition) is 3. The van der Waals surface area contributed by atoms with E-state index in [1.807, 2.05) is 12.3 Å². The molecule has 0 aromatic carbocycles. The first kappa shape index (κ1) is 13.1. The summed E-state index contributed by atoms with van der Waals surface area (Å²) in [7, 11) is 0. The Kier molecular flexibility index (Phi) is 6.77. The van der Waals surface area contributed by atoms with Crippen LogP contribution in [0, 0.1) is 0 Å². The van der Waals surface area contributed by atoms with Crippen LogP contribution in [0.15, 0.2) is 24.5 Å². The van der Waals surface area contributed by atoms with E-state index in [2.05, 4.69) is 30.2 Å². The first-order valence-corrected chi connectivity index (χ1v) is 6.05. The monoisotopic (exact) mass is 222 g/mol. The van der Waals surface area contributed by atoms with Gasteiger partial charge in [0.05, 0.1) is 0 Å². The van der Waals surface area contributed by atoms with Crippen LogP contribution >= 0.6 is 0 Å². The fourth-order valence-electron chi connectivity index (χ4n) is 1.49. The van der Waals surface area contributed by atoms with Crippen molar-refractivity contribution in [2.24, 2.45) is 0 Å². The lowest BCUT2D eigenvalue weighted by Gasteiger charge is -2.13. The molecule has 3 heteroatoms. The van der Waals surface area contributed by atoms with Crippen molar-refractivity contribution in [3.63, 3.8) is 0 Å². The lowest BCUT2D eigenvalue weighted by atomic mass is 10.1. The Balaban J connectivity index is 2.09. The molecule has 0 bridgehead atoms. The summed E-state index contributed by atoms with van der Waals surface area (Å²) in [4.78, 5) is 4.11. The van der Waals surface area contributed by atoms with Gasteiger partial charge in [-0.3, -0.25) is 4.98 Å². The van der Waals surface area contributed by atoms with Crippen molar-refractivity contribution in [1.82, 2.24) is 10.3 Å². The summed E-state index contributed by atoms with van der Waals surface area (Å²) in [6, 6.07) is 4.43. The van der Waals surface area contributed by atoms with Crippen molar-refractivity contribution in [1.29, 1.82) is 0 Å². The van der Waals surface area contributed by atoms with Gasteiger partial charge in [-0.2, -0.15) is 0 Å². The Morgan fingerprint density at radius 3 is 3.00 bits per heavy atom. The van der Waals surface area contributed by atoms with Crippen LogP contribution in [-0.2, 0) is 4.74 Å². The minimum atomic E-state index is 0.361. The van der Waals surface area contributed by atoms with Crippen molar-refractivity contribution in [2.75, 3.05) is 19.8 Å². The summed E-state index contributed by atoms with van der Waals surface area (Å²) in [5.41, 5.74) is 1.23. The molecule has 1 aromatic rings. The van der Waals surface area contributed by atoms with E-state index < -0.39 is 0 Å². The highest BCUT2D eigenvalue weighted by molar-refractivity contribution is 5.12. The van der Waals surface area contributed by atoms with Gasteiger partial charge in [0.1, 0.15) is 0 Å². The average molecular weight is 222 g/mol. The maximum absolute atomic E-state index is 5.42. The molecule has 0 aliphatic carbocycles. The molecule has 0 radical (unpaired) electrons. The van der Waals surface area contributed by atoms with Crippen molar-refractivity contribution in [3.8, 4) is 0 Å². The largest absolute Gasteiger partial charge is 0.381 e. The molecule has 1 heterocycles. The van der Waals surface area contributed by atoms with Crippen molar-refractivity contribution in [2.45, 2.75) is 32.7 Å². The van der Waals surface area contributed by atoms with Gasteiger partial charge in [-0.25, -0.2) is 0 Å². The molecule has 90 valence electrons. The second-order valence-electron chi connectivity index (χ2n) is 3.93. The summed E-state index contributed by atoms with van der Waals surface area (Å²) in [5, 5.41) is 3.46. The molecular formula is C13H22N2O. The van der Waals surface area contributed by atoms with E-state index in [9.17, 15) is 0 Å². The lowest BCUT2D eigenvalue weighted by molar-refractivity contribution is 0.132. The van der Waals surface area contributed by atoms with E-state index in [0.717, 1.165) is 32.6 Å². The van der Waals surface area contributed by atoms with Crippen LogP contribution < -0.4 is 5.32 Å². The molecule has 0 aliphatic rings. The van der Waals surface area contributed by atoms with Gasteiger partial charge in [0, 0.05) is 31.6 Å². The van der Waals surface area contributed by atoms with Gasteiger partial charge >= 0.3 is 0 Å². The molecular weight excluding hydrogens is 200 g/mol. The second-order valence-corrected chi connectivity index (χ2v) is 3.93. The number of ether oxygens (including phenoxy) is 1. The number of nitrogens with zero attached hydrogens (tertiary/aromatic N) is 1. The van der Waals surface area contributed by atoms with Gasteiger partial charge in [0.15, 0.2) is 0 Å². The SMILES string of the molecule is CCCOCCCNC(C)c1cccnc1. The molecule has 0 saturated heterocycles. The Bertz CT molecular complexity index is 264. The Morgan fingerprint density at radius 2 is 2.31 bits per heavy atom. The molecule has 16 heavy (non-hydrogen) atoms. The zero-order chi connectivity index (χ0) is 11.6. The molecule has 1 atom stereocenters. The molecule has 0 saturated carbocycles. The first-order valence-electron chi connectivity index (χ1n) is 6.05. The van der Waals surface area contributed by atoms with Crippen LogP contribution in [0.25, 0.3) is 0 Å². The van der Waals surface area contributed by atoms with E-state index in [1.54, 1.807) is 6.20 Å². The van der Waals surface area contributed by atoms with Gasteiger partial charge in [0.2, 0.25) is 0 Å². The van der Waals surface area contributed by atoms with Crippen LogP contribution in [0.4, 0.5) is 0 Å². The van der Waals surface area contributed by atoms with E-state index in [0.29, 0.717) is 6.04 Å². The number of aromatic nitrogens is 1. The third-order valence-electron chi connectivity index (χ3n) is 2.45. The molecule has 0 fully saturated rings. The molecule has 1 aromatic heterocycles. The third kappa shape index (κ3) is 5.24. The summed E-state index contributed by atoms with van der Waals surface area (Å²) >= 11 is 0. The topological polar surface area (TPSA) is 34.1 Å². The molecule has 0 aliphatic heterocycles. The average Bonchev–Trinajstić information content (AvgIpc) is 2.34. The number of pyridine rings is 1. The number of hydrogen-bond donors (Lipinski definition) is 1. The molecule has 1 rings (SSSR count). The lowest BCUT2D eigenvalue weighted by Crippen LogP contribution is -2.21. The molecule has 3 nitrogen and oxygen atoms in total. The highest BCUT2D eigenvalue weighted by Gasteiger charge is 2.02. The maximum atomic E-state index is 5.42. The quantitative estimate of drug-likeness (QED) is 0.686. The van der Waals surface area contributed by atoms with Crippen LogP contribution in [0.2, 0.25) is 0 Å². The predicted molar refractivity (Wildman–Crippen MR) is 66.4 cm³/mol. The van der Waals surface area contributed by atoms with E-state index in [4.69, 9.17) is 4.74 Å².